The number of amides is 1. The Hall–Kier alpha value is -1.55. The molecule has 2 rings (SSSR count). The largest absolute Gasteiger partial charge is 0.484 e. The van der Waals surface area contributed by atoms with Crippen LogP contribution >= 0.6 is 0 Å². The first-order chi connectivity index (χ1) is 9.60. The molecule has 4 nitrogen and oxygen atoms in total. The number of hydrogen-bond donors (Lipinski definition) is 1. The fourth-order valence-electron chi connectivity index (χ4n) is 2.79. The molecular weight excluding hydrogens is 252 g/mol. The molecule has 1 aromatic carbocycles. The van der Waals surface area contributed by atoms with Crippen molar-refractivity contribution in [2.45, 2.75) is 33.2 Å². The van der Waals surface area contributed by atoms with Crippen LogP contribution < -0.4 is 10.1 Å². The van der Waals surface area contributed by atoms with Crippen molar-refractivity contribution >= 4 is 5.91 Å². The zero-order valence-corrected chi connectivity index (χ0v) is 12.6. The molecule has 4 heteroatoms. The number of aryl methyl sites for hydroxylation is 2. The molecule has 1 atom stereocenters. The second-order valence-corrected chi connectivity index (χ2v) is 5.44. The summed E-state index contributed by atoms with van der Waals surface area (Å²) in [5.74, 6) is 0.844. The maximum Gasteiger partial charge on any atom is 0.260 e. The van der Waals surface area contributed by atoms with Crippen molar-refractivity contribution in [2.24, 2.45) is 0 Å². The number of likely N-dealkylation sites (N-methyl/N-ethyl adjacent to an activating group) is 1. The minimum atomic E-state index is 0.0698. The highest BCUT2D eigenvalue weighted by Crippen LogP contribution is 2.16. The number of hydrogen-bond acceptors (Lipinski definition) is 3. The number of rotatable bonds is 5. The third-order valence-corrected chi connectivity index (χ3v) is 3.69. The average Bonchev–Trinajstić information content (AvgIpc) is 2.90. The monoisotopic (exact) mass is 276 g/mol. The third kappa shape index (κ3) is 3.73. The molecular formula is C16H24N2O2. The molecule has 1 heterocycles. The Bertz CT molecular complexity index is 447. The van der Waals surface area contributed by atoms with Gasteiger partial charge in [0.15, 0.2) is 6.61 Å². The molecule has 1 unspecified atom stereocenters. The zero-order valence-electron chi connectivity index (χ0n) is 12.6. The number of carbonyl (C=O) groups excluding carboxylic acids is 1. The quantitative estimate of drug-likeness (QED) is 0.893. The van der Waals surface area contributed by atoms with Gasteiger partial charge in [-0.3, -0.25) is 4.79 Å². The van der Waals surface area contributed by atoms with Gasteiger partial charge in [-0.2, -0.15) is 0 Å². The van der Waals surface area contributed by atoms with E-state index in [2.05, 4.69) is 11.4 Å². The van der Waals surface area contributed by atoms with E-state index in [-0.39, 0.29) is 12.5 Å². The van der Waals surface area contributed by atoms with Gasteiger partial charge >= 0.3 is 0 Å². The van der Waals surface area contributed by atoms with Gasteiger partial charge in [-0.05, 0) is 57.0 Å². The van der Waals surface area contributed by atoms with E-state index in [0.29, 0.717) is 6.04 Å². The van der Waals surface area contributed by atoms with Crippen LogP contribution in [-0.4, -0.2) is 43.1 Å². The Morgan fingerprint density at radius 2 is 2.05 bits per heavy atom. The van der Waals surface area contributed by atoms with Crippen molar-refractivity contribution in [3.05, 3.63) is 29.3 Å². The van der Waals surface area contributed by atoms with Gasteiger partial charge in [-0.25, -0.2) is 0 Å². The fourth-order valence-corrected chi connectivity index (χ4v) is 2.79. The van der Waals surface area contributed by atoms with Crippen molar-refractivity contribution in [1.82, 2.24) is 10.2 Å². The van der Waals surface area contributed by atoms with Crippen molar-refractivity contribution in [3.63, 3.8) is 0 Å². The lowest BCUT2D eigenvalue weighted by molar-refractivity contribution is -0.135. The lowest BCUT2D eigenvalue weighted by atomic mass is 10.1. The Morgan fingerprint density at radius 3 is 2.60 bits per heavy atom. The molecule has 1 saturated heterocycles. The Labute approximate surface area is 121 Å². The zero-order chi connectivity index (χ0) is 14.5. The first-order valence-corrected chi connectivity index (χ1v) is 7.31. The lowest BCUT2D eigenvalue weighted by Gasteiger charge is -2.27. The number of ether oxygens (including phenoxy) is 1. The van der Waals surface area contributed by atoms with Crippen LogP contribution in [0.2, 0.25) is 0 Å². The maximum absolute atomic E-state index is 12.3. The van der Waals surface area contributed by atoms with Crippen LogP contribution in [0.4, 0.5) is 0 Å². The van der Waals surface area contributed by atoms with Gasteiger partial charge < -0.3 is 15.0 Å². The summed E-state index contributed by atoms with van der Waals surface area (Å²) in [7, 11) is 0. The van der Waals surface area contributed by atoms with Crippen LogP contribution in [-0.2, 0) is 4.79 Å². The van der Waals surface area contributed by atoms with Gasteiger partial charge in [-0.15, -0.1) is 0 Å². The molecule has 1 aliphatic heterocycles. The van der Waals surface area contributed by atoms with E-state index >= 15 is 0 Å². The molecule has 1 fully saturated rings. The molecule has 1 aromatic rings. The Balaban J connectivity index is 1.93. The van der Waals surface area contributed by atoms with Crippen LogP contribution in [0.3, 0.4) is 0 Å². The van der Waals surface area contributed by atoms with E-state index in [1.54, 1.807) is 0 Å². The summed E-state index contributed by atoms with van der Waals surface area (Å²) in [6, 6.07) is 6.34. The van der Waals surface area contributed by atoms with Crippen LogP contribution in [0.25, 0.3) is 0 Å². The van der Waals surface area contributed by atoms with E-state index in [1.807, 2.05) is 37.8 Å². The topological polar surface area (TPSA) is 41.6 Å². The van der Waals surface area contributed by atoms with Gasteiger partial charge in [0.05, 0.1) is 0 Å². The van der Waals surface area contributed by atoms with E-state index in [0.717, 1.165) is 42.9 Å². The second-order valence-electron chi connectivity index (χ2n) is 5.44. The van der Waals surface area contributed by atoms with E-state index in [4.69, 9.17) is 4.74 Å². The highest BCUT2D eigenvalue weighted by atomic mass is 16.5. The van der Waals surface area contributed by atoms with Crippen molar-refractivity contribution in [3.8, 4) is 5.75 Å². The van der Waals surface area contributed by atoms with Gasteiger partial charge in [0, 0.05) is 19.1 Å². The molecule has 0 radical (unpaired) electrons. The summed E-state index contributed by atoms with van der Waals surface area (Å²) in [5, 5.41) is 3.30. The summed E-state index contributed by atoms with van der Waals surface area (Å²) >= 11 is 0. The minimum Gasteiger partial charge on any atom is -0.484 e. The van der Waals surface area contributed by atoms with E-state index in [1.165, 1.54) is 0 Å². The van der Waals surface area contributed by atoms with Gasteiger partial charge in [-0.1, -0.05) is 6.07 Å². The van der Waals surface area contributed by atoms with E-state index in [9.17, 15) is 4.79 Å². The Kier molecular flexibility index (Phi) is 5.01. The molecule has 20 heavy (non-hydrogen) atoms. The van der Waals surface area contributed by atoms with Crippen LogP contribution in [0.5, 0.6) is 5.75 Å². The first kappa shape index (κ1) is 14.9. The standard InChI is InChI=1S/C16H24N2O2/c1-4-18(14-5-6-17-10-14)16(19)11-20-15-8-12(2)7-13(3)9-15/h7-9,14,17H,4-6,10-11H2,1-3H3. The molecule has 110 valence electrons. The van der Waals surface area contributed by atoms with E-state index < -0.39 is 0 Å². The third-order valence-electron chi connectivity index (χ3n) is 3.69. The number of carbonyl (C=O) groups is 1. The van der Waals surface area contributed by atoms with Crippen LogP contribution in [0, 0.1) is 13.8 Å². The summed E-state index contributed by atoms with van der Waals surface area (Å²) < 4.78 is 5.66. The molecule has 0 aliphatic carbocycles. The smallest absolute Gasteiger partial charge is 0.260 e. The lowest BCUT2D eigenvalue weighted by Crippen LogP contribution is -2.43. The summed E-state index contributed by atoms with van der Waals surface area (Å²) in [6.07, 6.45) is 1.03. The van der Waals surface area contributed by atoms with Crippen molar-refractivity contribution in [1.29, 1.82) is 0 Å². The van der Waals surface area contributed by atoms with Gasteiger partial charge in [0.2, 0.25) is 0 Å². The molecule has 1 amide bonds. The predicted octanol–water partition coefficient (Wildman–Crippen LogP) is 1.89. The minimum absolute atomic E-state index is 0.0698. The summed E-state index contributed by atoms with van der Waals surface area (Å²) in [4.78, 5) is 14.2. The molecule has 0 bridgehead atoms. The summed E-state index contributed by atoms with van der Waals surface area (Å²) in [6.45, 7) is 8.83. The number of benzene rings is 1. The van der Waals surface area contributed by atoms with Gasteiger partial charge in [0.1, 0.15) is 5.75 Å². The summed E-state index contributed by atoms with van der Waals surface area (Å²) in [5.41, 5.74) is 2.31. The SMILES string of the molecule is CCN(C(=O)COc1cc(C)cc(C)c1)C1CCNC1. The van der Waals surface area contributed by atoms with Crippen molar-refractivity contribution in [2.75, 3.05) is 26.2 Å². The predicted molar refractivity (Wildman–Crippen MR) is 80.1 cm³/mol. The second kappa shape index (κ2) is 6.75. The molecule has 0 aromatic heterocycles. The van der Waals surface area contributed by atoms with Crippen LogP contribution in [0.15, 0.2) is 18.2 Å². The highest BCUT2D eigenvalue weighted by molar-refractivity contribution is 5.78. The molecule has 0 spiro atoms. The molecule has 1 N–H and O–H groups in total. The van der Waals surface area contributed by atoms with Crippen molar-refractivity contribution < 1.29 is 9.53 Å². The normalized spacial score (nSPS) is 18.1. The van der Waals surface area contributed by atoms with Gasteiger partial charge in [0.25, 0.3) is 5.91 Å². The highest BCUT2D eigenvalue weighted by Gasteiger charge is 2.25. The Morgan fingerprint density at radius 1 is 1.35 bits per heavy atom. The first-order valence-electron chi connectivity index (χ1n) is 7.31. The fraction of sp³-hybridized carbons (Fsp3) is 0.562. The molecule has 1 aliphatic rings. The van der Waals surface area contributed by atoms with Crippen LogP contribution in [0.1, 0.15) is 24.5 Å². The number of nitrogens with one attached hydrogen (secondary N) is 1. The number of nitrogens with zero attached hydrogens (tertiary/aromatic N) is 1. The molecule has 0 saturated carbocycles. The average molecular weight is 276 g/mol. The maximum atomic E-state index is 12.3.